The van der Waals surface area contributed by atoms with Crippen LogP contribution in [0.2, 0.25) is 0 Å². The van der Waals surface area contributed by atoms with Gasteiger partial charge in [-0.05, 0) is 24.0 Å². The monoisotopic (exact) mass is 578 g/mol. The predicted octanol–water partition coefficient (Wildman–Crippen LogP) is 1.58. The molecule has 218 valence electrons. The van der Waals surface area contributed by atoms with E-state index in [1.165, 1.54) is 0 Å². The van der Waals surface area contributed by atoms with Gasteiger partial charge in [0.05, 0.1) is 42.4 Å². The number of hydrogen-bond donors (Lipinski definition) is 3. The van der Waals surface area contributed by atoms with Crippen LogP contribution in [0.5, 0.6) is 0 Å². The van der Waals surface area contributed by atoms with Crippen LogP contribution in [0.25, 0.3) is 0 Å². The summed E-state index contributed by atoms with van der Waals surface area (Å²) in [6.07, 6.45) is 1.46. The molecule has 1 spiro atoms. The Morgan fingerprint density at radius 2 is 1.73 bits per heavy atom. The van der Waals surface area contributed by atoms with Gasteiger partial charge in [-0.2, -0.15) is 0 Å². The fourth-order valence-corrected chi connectivity index (χ4v) is 9.42. The molecule has 10 heteroatoms. The van der Waals surface area contributed by atoms with Crippen LogP contribution in [0.15, 0.2) is 60.7 Å². The number of nitrogens with one attached hydrogen (secondary N) is 2. The van der Waals surface area contributed by atoms with E-state index in [0.717, 1.165) is 30.6 Å². The zero-order valence-electron chi connectivity index (χ0n) is 23.1. The van der Waals surface area contributed by atoms with Crippen LogP contribution in [-0.4, -0.2) is 94.7 Å². The van der Waals surface area contributed by atoms with Gasteiger partial charge in [0.2, 0.25) is 17.7 Å². The predicted molar refractivity (Wildman–Crippen MR) is 156 cm³/mol. The summed E-state index contributed by atoms with van der Waals surface area (Å²) in [6, 6.07) is 17.7. The van der Waals surface area contributed by atoms with Crippen LogP contribution in [0.1, 0.15) is 30.0 Å². The summed E-state index contributed by atoms with van der Waals surface area (Å²) in [7, 11) is 0. The van der Waals surface area contributed by atoms with Crippen LogP contribution in [-0.2, 0) is 25.7 Å². The molecular formula is C31H38N4O5S. The van der Waals surface area contributed by atoms with Crippen molar-refractivity contribution in [1.29, 1.82) is 0 Å². The number of benzene rings is 2. The lowest BCUT2D eigenvalue weighted by atomic mass is 9.70. The molecule has 4 aliphatic heterocycles. The van der Waals surface area contributed by atoms with Crippen LogP contribution >= 0.6 is 11.8 Å². The Hall–Kier alpha value is -2.92. The normalized spacial score (nSPS) is 29.8. The van der Waals surface area contributed by atoms with Crippen molar-refractivity contribution in [2.45, 2.75) is 41.5 Å². The number of morpholine rings is 1. The molecule has 0 radical (unpaired) electrons. The summed E-state index contributed by atoms with van der Waals surface area (Å²) in [5.74, 6) is -1.69. The minimum Gasteiger partial charge on any atom is -0.394 e. The van der Waals surface area contributed by atoms with Crippen molar-refractivity contribution in [3.05, 3.63) is 71.8 Å². The Morgan fingerprint density at radius 3 is 2.44 bits per heavy atom. The lowest BCUT2D eigenvalue weighted by Gasteiger charge is -2.37. The zero-order chi connectivity index (χ0) is 28.4. The highest BCUT2D eigenvalue weighted by molar-refractivity contribution is 8.02. The van der Waals surface area contributed by atoms with E-state index < -0.39 is 28.7 Å². The number of amides is 3. The van der Waals surface area contributed by atoms with E-state index in [0.29, 0.717) is 39.3 Å². The molecule has 41 heavy (non-hydrogen) atoms. The number of ether oxygens (including phenoxy) is 1. The van der Waals surface area contributed by atoms with Crippen LogP contribution in [0, 0.1) is 11.8 Å². The molecule has 0 aromatic heterocycles. The van der Waals surface area contributed by atoms with Crippen molar-refractivity contribution in [2.75, 3.05) is 46.0 Å². The van der Waals surface area contributed by atoms with Gasteiger partial charge in [-0.3, -0.25) is 19.3 Å². The van der Waals surface area contributed by atoms with E-state index >= 15 is 0 Å². The van der Waals surface area contributed by atoms with Gasteiger partial charge >= 0.3 is 0 Å². The molecule has 2 aromatic carbocycles. The number of aliphatic hydroxyl groups excluding tert-OH is 1. The SMILES string of the molecule is O=C(NCCN1CCOCC1)C1N([C@H](CO)c2ccccc2)C(=O)[C@@H]2[C@H](C(=O)NCc3ccccc3)[C@@H]3CCC12S3. The number of carbonyl (C=O) groups excluding carboxylic acids is 3. The van der Waals surface area contributed by atoms with Gasteiger partial charge in [-0.1, -0.05) is 60.7 Å². The topological polar surface area (TPSA) is 111 Å². The number of nitrogens with zero attached hydrogens (tertiary/aromatic N) is 2. The van der Waals surface area contributed by atoms with Crippen molar-refractivity contribution >= 4 is 29.5 Å². The first kappa shape index (κ1) is 28.2. The number of fused-ring (bicyclic) bond motifs is 1. The van der Waals surface area contributed by atoms with E-state index in [9.17, 15) is 19.5 Å². The minimum atomic E-state index is -0.774. The Bertz CT molecular complexity index is 1240. The highest BCUT2D eigenvalue weighted by atomic mass is 32.2. The van der Waals surface area contributed by atoms with Gasteiger partial charge in [-0.15, -0.1) is 11.8 Å². The summed E-state index contributed by atoms with van der Waals surface area (Å²) in [6.45, 7) is 4.27. The molecule has 4 saturated heterocycles. The lowest BCUT2D eigenvalue weighted by molar-refractivity contribution is -0.143. The molecule has 0 aliphatic carbocycles. The first-order valence-electron chi connectivity index (χ1n) is 14.6. The molecule has 2 unspecified atom stereocenters. The molecule has 9 nitrogen and oxygen atoms in total. The highest BCUT2D eigenvalue weighted by Crippen LogP contribution is 2.67. The van der Waals surface area contributed by atoms with Gasteiger partial charge < -0.3 is 25.4 Å². The summed E-state index contributed by atoms with van der Waals surface area (Å²) in [4.78, 5) is 46.0. The Morgan fingerprint density at radius 1 is 1.02 bits per heavy atom. The molecular weight excluding hydrogens is 540 g/mol. The zero-order valence-corrected chi connectivity index (χ0v) is 23.9. The molecule has 4 fully saturated rings. The van der Waals surface area contributed by atoms with Gasteiger partial charge in [0.15, 0.2) is 0 Å². The molecule has 0 saturated carbocycles. The second-order valence-corrected chi connectivity index (χ2v) is 13.0. The van der Waals surface area contributed by atoms with Crippen molar-refractivity contribution < 1.29 is 24.2 Å². The fourth-order valence-electron chi connectivity index (χ4n) is 7.22. The Kier molecular flexibility index (Phi) is 8.35. The van der Waals surface area contributed by atoms with Gasteiger partial charge in [-0.25, -0.2) is 0 Å². The fraction of sp³-hybridized carbons (Fsp3) is 0.516. The second kappa shape index (κ2) is 12.1. The van der Waals surface area contributed by atoms with Crippen LogP contribution in [0.3, 0.4) is 0 Å². The summed E-state index contributed by atoms with van der Waals surface area (Å²) in [5.41, 5.74) is 1.77. The van der Waals surface area contributed by atoms with Crippen molar-refractivity contribution in [3.8, 4) is 0 Å². The molecule has 2 bridgehead atoms. The maximum absolute atomic E-state index is 14.4. The first-order chi connectivity index (χ1) is 20.0. The molecule has 3 amide bonds. The maximum Gasteiger partial charge on any atom is 0.244 e. The molecule has 2 aromatic rings. The standard InChI is InChI=1S/C31H38N4O5S/c36-20-23(22-9-5-2-6-10-22)35-27(29(38)32-13-14-34-15-17-40-18-16-34)31-12-11-24(41-31)25(26(31)30(35)39)28(37)33-19-21-7-3-1-4-8-21/h1-10,23-27,36H,11-20H2,(H,32,38)(H,33,37)/t23-,24+,25-,26+,27?,31?/m1/s1. The molecule has 6 rings (SSSR count). The number of carbonyl (C=O) groups is 3. The number of aliphatic hydroxyl groups is 1. The van der Waals surface area contributed by atoms with E-state index in [2.05, 4.69) is 15.5 Å². The highest BCUT2D eigenvalue weighted by Gasteiger charge is 2.74. The average molecular weight is 579 g/mol. The smallest absolute Gasteiger partial charge is 0.244 e. The van der Waals surface area contributed by atoms with E-state index in [1.807, 2.05) is 60.7 Å². The van der Waals surface area contributed by atoms with Crippen LogP contribution in [0.4, 0.5) is 0 Å². The third-order valence-electron chi connectivity index (χ3n) is 9.12. The number of hydrogen-bond acceptors (Lipinski definition) is 7. The van der Waals surface area contributed by atoms with Crippen molar-refractivity contribution in [1.82, 2.24) is 20.4 Å². The van der Waals surface area contributed by atoms with Crippen LogP contribution < -0.4 is 10.6 Å². The third kappa shape index (κ3) is 5.27. The van der Waals surface area contributed by atoms with Gasteiger partial charge in [0, 0.05) is 38.0 Å². The number of likely N-dealkylation sites (tertiary alicyclic amines) is 1. The summed E-state index contributed by atoms with van der Waals surface area (Å²) in [5, 5.41) is 16.8. The largest absolute Gasteiger partial charge is 0.394 e. The van der Waals surface area contributed by atoms with Crippen molar-refractivity contribution in [3.63, 3.8) is 0 Å². The molecule has 3 N–H and O–H groups in total. The maximum atomic E-state index is 14.4. The number of rotatable bonds is 10. The van der Waals surface area contributed by atoms with E-state index in [1.54, 1.807) is 16.7 Å². The van der Waals surface area contributed by atoms with E-state index in [4.69, 9.17) is 4.74 Å². The van der Waals surface area contributed by atoms with Gasteiger partial charge in [0.1, 0.15) is 6.04 Å². The third-order valence-corrected chi connectivity index (χ3v) is 11.1. The minimum absolute atomic E-state index is 0.0187. The quantitative estimate of drug-likeness (QED) is 0.393. The average Bonchev–Trinajstić information content (AvgIpc) is 3.66. The Balaban J connectivity index is 1.27. The van der Waals surface area contributed by atoms with Gasteiger partial charge in [0.25, 0.3) is 0 Å². The molecule has 4 aliphatic rings. The number of thioether (sulfide) groups is 1. The Labute approximate surface area is 245 Å². The summed E-state index contributed by atoms with van der Waals surface area (Å²) < 4.78 is 4.73. The van der Waals surface area contributed by atoms with Crippen molar-refractivity contribution in [2.24, 2.45) is 11.8 Å². The lowest BCUT2D eigenvalue weighted by Crippen LogP contribution is -2.55. The molecule has 4 heterocycles. The second-order valence-electron chi connectivity index (χ2n) is 11.4. The summed E-state index contributed by atoms with van der Waals surface area (Å²) >= 11 is 1.64. The molecule has 6 atom stereocenters. The first-order valence-corrected chi connectivity index (χ1v) is 15.5. The van der Waals surface area contributed by atoms with E-state index in [-0.39, 0.29) is 29.6 Å².